The Morgan fingerprint density at radius 1 is 0.132 bits per heavy atom. The second-order valence-electron chi connectivity index (χ2n) is 28.6. The Kier molecular flexibility index (Phi) is 26.4. The molecule has 0 atom stereocenters. The fourth-order valence-corrected chi connectivity index (χ4v) is 21.2. The number of rotatable bonds is 15. The summed E-state index contributed by atoms with van der Waals surface area (Å²) >= 11 is 142. The molecule has 0 aromatic heterocycles. The van der Waals surface area contributed by atoms with Crippen molar-refractivity contribution < 1.29 is 14.0 Å². The largest absolute Gasteiger partial charge is 0.643 e. The van der Waals surface area contributed by atoms with E-state index >= 15 is 0 Å². The van der Waals surface area contributed by atoms with E-state index in [1.54, 1.807) is 0 Å². The van der Waals surface area contributed by atoms with Gasteiger partial charge in [-0.3, -0.25) is 0 Å². The van der Waals surface area contributed by atoms with Gasteiger partial charge in [0.05, 0.1) is 0 Å². The third-order valence-corrected chi connectivity index (χ3v) is 32.8. The van der Waals surface area contributed by atoms with Gasteiger partial charge in [-0.25, -0.2) is 0 Å². The zero-order valence-corrected chi connectivity index (χ0v) is 77.7. The Bertz CT molecular complexity index is 4070. The van der Waals surface area contributed by atoms with Crippen LogP contribution >= 0.6 is 209 Å². The van der Waals surface area contributed by atoms with Gasteiger partial charge in [-0.05, 0) is 337 Å². The second-order valence-corrected chi connectivity index (χ2v) is 35.4. The lowest BCUT2D eigenvalue weighted by Crippen LogP contribution is -2.53. The molecule has 0 amide bonds. The molecule has 9 aromatic carbocycles. The summed E-state index contributed by atoms with van der Waals surface area (Å²) in [5.41, 5.74) is 10.3. The maximum atomic E-state index is 9.16. The summed E-state index contributed by atoms with van der Waals surface area (Å²) < 4.78 is 27.5. The van der Waals surface area contributed by atoms with Crippen LogP contribution in [0.1, 0.15) is 200 Å². The van der Waals surface area contributed by atoms with Crippen molar-refractivity contribution in [2.24, 2.45) is 0 Å². The molecule has 0 aliphatic heterocycles. The van der Waals surface area contributed by atoms with Crippen LogP contribution in [0.2, 0.25) is 90.4 Å². The highest BCUT2D eigenvalue weighted by Crippen LogP contribution is 2.63. The van der Waals surface area contributed by atoms with E-state index in [2.05, 4.69) is 0 Å². The predicted molar refractivity (Wildman–Crippen MR) is 465 cm³/mol. The number of hydrogen-bond donors (Lipinski definition) is 0. The first-order chi connectivity index (χ1) is 48.9. The third-order valence-electron chi connectivity index (χ3n) is 22.6. The van der Waals surface area contributed by atoms with Gasteiger partial charge in [-0.1, -0.05) is 209 Å². The van der Waals surface area contributed by atoms with Crippen molar-refractivity contribution >= 4 is 216 Å². The molecular weight excluding hydrogens is 1710 g/mol. The van der Waals surface area contributed by atoms with E-state index < -0.39 is 24.1 Å². The average molecular weight is 1790 g/mol. The van der Waals surface area contributed by atoms with Crippen molar-refractivity contribution in [3.05, 3.63) is 291 Å². The molecule has 0 aliphatic carbocycles. The van der Waals surface area contributed by atoms with Gasteiger partial charge in [-0.15, -0.1) is 0 Å². The number of halogens is 18. The zero-order valence-electron chi connectivity index (χ0n) is 64.1. The molecule has 9 aromatic rings. The van der Waals surface area contributed by atoms with Crippen molar-refractivity contribution in [2.75, 3.05) is 0 Å². The van der Waals surface area contributed by atoms with Crippen LogP contribution in [0, 0.1) is 187 Å². The Hall–Kier alpha value is -1.86. The fraction of sp³-hybridized carbons (Fsp3) is 0.357. The van der Waals surface area contributed by atoms with Crippen LogP contribution in [0.4, 0.5) is 0 Å². The molecule has 106 heavy (non-hydrogen) atoms. The van der Waals surface area contributed by atoms with Gasteiger partial charge in [0.2, 0.25) is 0 Å². The summed E-state index contributed by atoms with van der Waals surface area (Å²) in [5, 5.41) is 5.02. The molecule has 0 heterocycles. The SMILES string of the molecule is Cc1c(Cl)c(C)c(C(OB(OC(c2c(C)c(Cl)c(C)c(Cl)c2C)(c2c(C)c(Cl)c(C)c(Cl)c2C)c2c(C)c(Cl)c(C)c(Cl)c2C)OC(c2c(C)c(Cl)c(C)c(Cl)c2C)(c2c(C)c(Cl)c(C)c(Cl)c2C)c2c(C)c(Cl)c(C)c(Cl)c2C)(c2c(C)c(Cl)c(C)c(Cl)c2C)c2c(C)c(Cl)c(C)c(Cl)c2C)c(C)c1Cl. The lowest BCUT2D eigenvalue weighted by molar-refractivity contribution is -0.0383. The number of hydrogen-bond acceptors (Lipinski definition) is 3. The van der Waals surface area contributed by atoms with E-state index in [1.807, 2.05) is 187 Å². The monoisotopic (exact) mass is 1780 g/mol. The molecule has 0 fully saturated rings. The molecular formula is C84H81BCl18O3. The van der Waals surface area contributed by atoms with Crippen LogP contribution < -0.4 is 0 Å². The molecule has 0 N–H and O–H groups in total. The van der Waals surface area contributed by atoms with E-state index in [0.29, 0.717) is 200 Å². The van der Waals surface area contributed by atoms with E-state index in [9.17, 15) is 0 Å². The van der Waals surface area contributed by atoms with Gasteiger partial charge >= 0.3 is 7.32 Å². The Morgan fingerprint density at radius 2 is 0.198 bits per heavy atom. The third kappa shape index (κ3) is 13.0. The molecule has 564 valence electrons. The Morgan fingerprint density at radius 3 is 0.264 bits per heavy atom. The van der Waals surface area contributed by atoms with Crippen LogP contribution in [-0.4, -0.2) is 7.32 Å². The van der Waals surface area contributed by atoms with Gasteiger partial charge < -0.3 is 14.0 Å². The molecule has 9 rings (SSSR count). The molecule has 0 bridgehead atoms. The molecule has 3 nitrogen and oxygen atoms in total. The van der Waals surface area contributed by atoms with Crippen molar-refractivity contribution in [1.82, 2.24) is 0 Å². The van der Waals surface area contributed by atoms with Crippen molar-refractivity contribution in [1.29, 1.82) is 0 Å². The van der Waals surface area contributed by atoms with Gasteiger partial charge in [-0.2, -0.15) is 0 Å². The fourth-order valence-electron chi connectivity index (χ4n) is 17.3. The van der Waals surface area contributed by atoms with Crippen LogP contribution in [0.15, 0.2) is 0 Å². The summed E-state index contributed by atoms with van der Waals surface area (Å²) in [6, 6.07) is 0. The summed E-state index contributed by atoms with van der Waals surface area (Å²) in [6.45, 7) is 50.7. The van der Waals surface area contributed by atoms with Gasteiger partial charge in [0.1, 0.15) is 16.8 Å². The maximum absolute atomic E-state index is 9.16. The molecule has 0 aliphatic rings. The van der Waals surface area contributed by atoms with Gasteiger partial charge in [0.15, 0.2) is 0 Å². The minimum absolute atomic E-state index is 0.279. The van der Waals surface area contributed by atoms with Crippen LogP contribution in [0.3, 0.4) is 0 Å². The first-order valence-electron chi connectivity index (χ1n) is 34.0. The molecule has 0 unspecified atom stereocenters. The van der Waals surface area contributed by atoms with Crippen molar-refractivity contribution in [3.63, 3.8) is 0 Å². The standard InChI is InChI=1S/C84H81BCl18O3/c1-28-55(29(2)65(87)46(19)64(28)86)82(56-30(3)66(88)47(20)67(89)31(56)4,57-32(5)68(90)48(21)69(91)33(57)6)104-85(105-83(58-34(7)70(92)49(22)71(93)35(58)8,59-36(9)72(94)50(23)73(95)37(59)10)60-38(11)74(96)51(24)75(97)39(60)12)106-84(61-40(13)76(98)52(25)77(99)41(61)14,62-42(15)78(100)53(26)79(101)43(62)16)63-44(17)80(102)54(27)81(103)45(63)18/h1-27H3. The topological polar surface area (TPSA) is 27.7 Å². The Balaban J connectivity index is 1.85. The first-order valence-corrected chi connectivity index (χ1v) is 40.8. The zero-order chi connectivity index (χ0) is 80.4. The molecule has 0 saturated carbocycles. The highest BCUT2D eigenvalue weighted by Gasteiger charge is 2.60. The minimum Gasteiger partial charge on any atom is -0.367 e. The van der Waals surface area contributed by atoms with Crippen molar-refractivity contribution in [2.45, 2.75) is 204 Å². The van der Waals surface area contributed by atoms with E-state index in [1.165, 1.54) is 0 Å². The van der Waals surface area contributed by atoms with E-state index in [4.69, 9.17) is 223 Å². The molecule has 0 spiro atoms. The van der Waals surface area contributed by atoms with Gasteiger partial charge in [0.25, 0.3) is 0 Å². The highest BCUT2D eigenvalue weighted by atomic mass is 35.5. The molecule has 0 saturated heterocycles. The van der Waals surface area contributed by atoms with E-state index in [-0.39, 0.29) is 90.4 Å². The molecule has 0 radical (unpaired) electrons. The van der Waals surface area contributed by atoms with Crippen molar-refractivity contribution in [3.8, 4) is 0 Å². The Labute approximate surface area is 717 Å². The highest BCUT2D eigenvalue weighted by molar-refractivity contribution is 6.44. The molecule has 22 heteroatoms. The van der Waals surface area contributed by atoms with Crippen LogP contribution in [-0.2, 0) is 30.8 Å². The number of benzene rings is 9. The lowest BCUT2D eigenvalue weighted by Gasteiger charge is -2.50. The maximum Gasteiger partial charge on any atom is 0.643 e. The summed E-state index contributed by atoms with van der Waals surface area (Å²) in [4.78, 5) is 0. The van der Waals surface area contributed by atoms with Crippen LogP contribution in [0.25, 0.3) is 0 Å². The summed E-state index contributed by atoms with van der Waals surface area (Å²) in [7, 11) is -2.37. The minimum atomic E-state index is -2.37. The quantitative estimate of drug-likeness (QED) is 0.0756. The first kappa shape index (κ1) is 88.1. The van der Waals surface area contributed by atoms with Crippen LogP contribution in [0.5, 0.6) is 0 Å². The average Bonchev–Trinajstić information content (AvgIpc) is 0.698. The van der Waals surface area contributed by atoms with E-state index in [0.717, 1.165) is 0 Å². The summed E-state index contributed by atoms with van der Waals surface area (Å²) in [5.74, 6) is 0. The second kappa shape index (κ2) is 31.7. The summed E-state index contributed by atoms with van der Waals surface area (Å²) in [6.07, 6.45) is 0. The van der Waals surface area contributed by atoms with Gasteiger partial charge in [0, 0.05) is 140 Å². The normalized spacial score (nSPS) is 12.3. The smallest absolute Gasteiger partial charge is 0.367 e. The lowest BCUT2D eigenvalue weighted by atomic mass is 9.67. The predicted octanol–water partition coefficient (Wildman–Crippen LogP) is 33.1.